The Morgan fingerprint density at radius 3 is 3.05 bits per heavy atom. The lowest BCUT2D eigenvalue weighted by Gasteiger charge is -2.12. The molecule has 1 aromatic carbocycles. The number of para-hydroxylation sites is 1. The summed E-state index contributed by atoms with van der Waals surface area (Å²) in [6.45, 7) is 0.761. The predicted octanol–water partition coefficient (Wildman–Crippen LogP) is 2.76. The molecule has 0 radical (unpaired) electrons. The highest BCUT2D eigenvalue weighted by Crippen LogP contribution is 2.23. The molecule has 1 atom stereocenters. The van der Waals surface area contributed by atoms with E-state index < -0.39 is 0 Å². The van der Waals surface area contributed by atoms with Gasteiger partial charge in [0.05, 0.1) is 11.1 Å². The summed E-state index contributed by atoms with van der Waals surface area (Å²) in [6.07, 6.45) is 1.20. The molecule has 2 heterocycles. The molecule has 5 heteroatoms. The fraction of sp³-hybridized carbons (Fsp3) is 0.375. The predicted molar refractivity (Wildman–Crippen MR) is 89.1 cm³/mol. The first-order valence-corrected chi connectivity index (χ1v) is 8.37. The van der Waals surface area contributed by atoms with E-state index in [-0.39, 0.29) is 5.91 Å². The van der Waals surface area contributed by atoms with E-state index in [1.807, 2.05) is 49.1 Å². The van der Waals surface area contributed by atoms with Gasteiger partial charge >= 0.3 is 0 Å². The third kappa shape index (κ3) is 3.13. The monoisotopic (exact) mass is 301 g/mol. The summed E-state index contributed by atoms with van der Waals surface area (Å²) in [4.78, 5) is 17.0. The van der Waals surface area contributed by atoms with Gasteiger partial charge in [-0.15, -0.1) is 0 Å². The van der Waals surface area contributed by atoms with Crippen LogP contribution in [0.5, 0.6) is 0 Å². The van der Waals surface area contributed by atoms with Gasteiger partial charge in [-0.25, -0.2) is 4.98 Å². The first-order valence-electron chi connectivity index (χ1n) is 7.21. The van der Waals surface area contributed by atoms with Crippen molar-refractivity contribution in [3.63, 3.8) is 0 Å². The van der Waals surface area contributed by atoms with Crippen LogP contribution in [0.4, 0.5) is 5.82 Å². The average molecular weight is 301 g/mol. The van der Waals surface area contributed by atoms with Gasteiger partial charge in [0.15, 0.2) is 0 Å². The first-order chi connectivity index (χ1) is 10.3. The first kappa shape index (κ1) is 14.2. The van der Waals surface area contributed by atoms with Gasteiger partial charge in [-0.2, -0.15) is 11.8 Å². The van der Waals surface area contributed by atoms with Crippen LogP contribution in [0.25, 0.3) is 10.9 Å². The van der Waals surface area contributed by atoms with Gasteiger partial charge in [-0.1, -0.05) is 18.2 Å². The third-order valence-corrected chi connectivity index (χ3v) is 5.02. The summed E-state index contributed by atoms with van der Waals surface area (Å²) in [5.74, 6) is 3.68. The van der Waals surface area contributed by atoms with Crippen molar-refractivity contribution in [3.05, 3.63) is 35.9 Å². The van der Waals surface area contributed by atoms with E-state index in [1.165, 1.54) is 12.2 Å². The molecule has 1 amide bonds. The van der Waals surface area contributed by atoms with E-state index in [1.54, 1.807) is 0 Å². The van der Waals surface area contributed by atoms with Crippen LogP contribution in [0.1, 0.15) is 16.8 Å². The van der Waals surface area contributed by atoms with Crippen LogP contribution in [-0.2, 0) is 0 Å². The van der Waals surface area contributed by atoms with Crippen LogP contribution in [0.2, 0.25) is 0 Å². The summed E-state index contributed by atoms with van der Waals surface area (Å²) < 4.78 is 0. The molecule has 1 aliphatic rings. The van der Waals surface area contributed by atoms with E-state index in [4.69, 9.17) is 0 Å². The van der Waals surface area contributed by atoms with Gasteiger partial charge in [0.2, 0.25) is 0 Å². The van der Waals surface area contributed by atoms with E-state index in [2.05, 4.69) is 15.6 Å². The van der Waals surface area contributed by atoms with Gasteiger partial charge in [0.1, 0.15) is 5.82 Å². The highest BCUT2D eigenvalue weighted by atomic mass is 32.2. The van der Waals surface area contributed by atoms with Gasteiger partial charge < -0.3 is 10.6 Å². The smallest absolute Gasteiger partial charge is 0.252 e. The number of aromatic nitrogens is 1. The Hall–Kier alpha value is -1.75. The lowest BCUT2D eigenvalue weighted by atomic mass is 10.1. The summed E-state index contributed by atoms with van der Waals surface area (Å²) in [5.41, 5.74) is 1.53. The number of fused-ring (bicyclic) bond motifs is 1. The van der Waals surface area contributed by atoms with Gasteiger partial charge in [-0.3, -0.25) is 4.79 Å². The lowest BCUT2D eigenvalue weighted by molar-refractivity contribution is 0.0950. The molecule has 0 saturated carbocycles. The molecule has 1 unspecified atom stereocenters. The molecular weight excluding hydrogens is 282 g/mol. The number of carbonyl (C=O) groups excluding carboxylic acids is 1. The van der Waals surface area contributed by atoms with E-state index in [0.29, 0.717) is 11.5 Å². The van der Waals surface area contributed by atoms with Gasteiger partial charge in [0.25, 0.3) is 5.91 Å². The van der Waals surface area contributed by atoms with Crippen molar-refractivity contribution < 1.29 is 4.79 Å². The van der Waals surface area contributed by atoms with Crippen LogP contribution in [0, 0.1) is 5.92 Å². The van der Waals surface area contributed by atoms with Crippen molar-refractivity contribution in [1.29, 1.82) is 0 Å². The summed E-state index contributed by atoms with van der Waals surface area (Å²) in [7, 11) is 1.81. The van der Waals surface area contributed by atoms with E-state index >= 15 is 0 Å². The standard InChI is InChI=1S/C16H19N3OS/c1-17-15-8-13(12-4-2-3-5-14(12)19-15)16(20)18-9-11-6-7-21-10-11/h2-5,8,11H,6-7,9-10H2,1H3,(H,17,19)(H,18,20). The Labute approximate surface area is 128 Å². The second-order valence-electron chi connectivity index (χ2n) is 5.26. The Bertz CT molecular complexity index is 653. The quantitative estimate of drug-likeness (QED) is 0.912. The van der Waals surface area contributed by atoms with Crippen LogP contribution in [0.15, 0.2) is 30.3 Å². The zero-order valence-electron chi connectivity index (χ0n) is 12.1. The largest absolute Gasteiger partial charge is 0.373 e. The molecule has 1 aliphatic heterocycles. The second kappa shape index (κ2) is 6.35. The molecule has 110 valence electrons. The molecule has 2 aromatic rings. The van der Waals surface area contributed by atoms with Crippen LogP contribution in [-0.4, -0.2) is 36.0 Å². The number of pyridine rings is 1. The van der Waals surface area contributed by atoms with Gasteiger partial charge in [0, 0.05) is 19.0 Å². The number of rotatable bonds is 4. The maximum Gasteiger partial charge on any atom is 0.252 e. The number of nitrogens with zero attached hydrogens (tertiary/aromatic N) is 1. The fourth-order valence-electron chi connectivity index (χ4n) is 2.57. The minimum atomic E-state index is -0.0120. The molecule has 0 bridgehead atoms. The molecule has 1 saturated heterocycles. The SMILES string of the molecule is CNc1cc(C(=O)NCC2CCSC2)c2ccccc2n1. The van der Waals surface area contributed by atoms with Crippen LogP contribution in [0.3, 0.4) is 0 Å². The van der Waals surface area contributed by atoms with Crippen molar-refractivity contribution in [2.45, 2.75) is 6.42 Å². The minimum absolute atomic E-state index is 0.0120. The molecule has 2 N–H and O–H groups in total. The number of hydrogen-bond donors (Lipinski definition) is 2. The van der Waals surface area contributed by atoms with Crippen LogP contribution >= 0.6 is 11.8 Å². The average Bonchev–Trinajstić information content (AvgIpc) is 3.05. The maximum atomic E-state index is 12.5. The molecule has 3 rings (SSSR count). The zero-order valence-corrected chi connectivity index (χ0v) is 12.9. The number of benzene rings is 1. The lowest BCUT2D eigenvalue weighted by Crippen LogP contribution is -2.29. The molecule has 4 nitrogen and oxygen atoms in total. The molecule has 21 heavy (non-hydrogen) atoms. The molecular formula is C16H19N3OS. The topological polar surface area (TPSA) is 54.0 Å². The second-order valence-corrected chi connectivity index (χ2v) is 6.41. The van der Waals surface area contributed by atoms with Crippen molar-refractivity contribution in [3.8, 4) is 0 Å². The number of anilines is 1. The fourth-order valence-corrected chi connectivity index (χ4v) is 3.85. The van der Waals surface area contributed by atoms with Crippen LogP contribution < -0.4 is 10.6 Å². The Kier molecular flexibility index (Phi) is 4.29. The third-order valence-electron chi connectivity index (χ3n) is 3.79. The number of hydrogen-bond acceptors (Lipinski definition) is 4. The summed E-state index contributed by atoms with van der Waals surface area (Å²) in [6, 6.07) is 9.57. The number of amides is 1. The minimum Gasteiger partial charge on any atom is -0.373 e. The van der Waals surface area contributed by atoms with E-state index in [0.717, 1.165) is 29.0 Å². The Balaban J connectivity index is 1.85. The van der Waals surface area contributed by atoms with Gasteiger partial charge in [-0.05, 0) is 36.0 Å². The van der Waals surface area contributed by atoms with E-state index in [9.17, 15) is 4.79 Å². The highest BCUT2D eigenvalue weighted by molar-refractivity contribution is 7.99. The summed E-state index contributed by atoms with van der Waals surface area (Å²) >= 11 is 1.97. The normalized spacial score (nSPS) is 17.9. The molecule has 0 spiro atoms. The Morgan fingerprint density at radius 2 is 2.29 bits per heavy atom. The summed E-state index contributed by atoms with van der Waals surface area (Å²) in [5, 5.41) is 6.99. The number of nitrogens with one attached hydrogen (secondary N) is 2. The van der Waals surface area contributed by atoms with Crippen molar-refractivity contribution in [2.24, 2.45) is 5.92 Å². The molecule has 0 aliphatic carbocycles. The molecule has 1 fully saturated rings. The zero-order chi connectivity index (χ0) is 14.7. The van der Waals surface area contributed by atoms with Crippen molar-refractivity contribution >= 4 is 34.4 Å². The maximum absolute atomic E-state index is 12.5. The van der Waals surface area contributed by atoms with Crippen molar-refractivity contribution in [2.75, 3.05) is 30.4 Å². The van der Waals surface area contributed by atoms with Crippen molar-refractivity contribution in [1.82, 2.24) is 10.3 Å². The number of thioether (sulfide) groups is 1. The molecule has 1 aromatic heterocycles. The Morgan fingerprint density at radius 1 is 1.43 bits per heavy atom. The number of carbonyl (C=O) groups is 1. The highest BCUT2D eigenvalue weighted by Gasteiger charge is 2.18.